The van der Waals surface area contributed by atoms with Gasteiger partial charge in [-0.25, -0.2) is 0 Å². The van der Waals surface area contributed by atoms with Gasteiger partial charge in [0.25, 0.3) is 0 Å². The first-order valence-corrected chi connectivity index (χ1v) is 7.57. The number of rotatable bonds is 9. The maximum Gasteiger partial charge on any atom is 0.119 e. The number of benzene rings is 1. The first-order valence-electron chi connectivity index (χ1n) is 7.57. The summed E-state index contributed by atoms with van der Waals surface area (Å²) in [4.78, 5) is 0. The zero-order valence-electron chi connectivity index (χ0n) is 12.9. The fourth-order valence-corrected chi connectivity index (χ4v) is 1.89. The smallest absolute Gasteiger partial charge is 0.119 e. The summed E-state index contributed by atoms with van der Waals surface area (Å²) in [7, 11) is 0. The molecule has 0 spiro atoms. The van der Waals surface area contributed by atoms with Crippen molar-refractivity contribution in [2.75, 3.05) is 13.2 Å². The van der Waals surface area contributed by atoms with Gasteiger partial charge < -0.3 is 10.1 Å². The van der Waals surface area contributed by atoms with Crippen LogP contribution in [0.25, 0.3) is 0 Å². The minimum atomic E-state index is 0.574. The Labute approximate surface area is 118 Å². The molecule has 1 unspecified atom stereocenters. The molecule has 0 aliphatic rings. The van der Waals surface area contributed by atoms with Gasteiger partial charge in [-0.05, 0) is 56.3 Å². The lowest BCUT2D eigenvalue weighted by molar-refractivity contribution is 0.271. The van der Waals surface area contributed by atoms with Gasteiger partial charge in [-0.2, -0.15) is 0 Å². The van der Waals surface area contributed by atoms with Crippen molar-refractivity contribution in [1.29, 1.82) is 0 Å². The molecule has 1 N–H and O–H groups in total. The molecule has 0 aliphatic heterocycles. The van der Waals surface area contributed by atoms with E-state index in [-0.39, 0.29) is 0 Å². The molecule has 0 fully saturated rings. The van der Waals surface area contributed by atoms with Gasteiger partial charge in [0.05, 0.1) is 6.61 Å². The highest BCUT2D eigenvalue weighted by Crippen LogP contribution is 2.14. The predicted octanol–water partition coefficient (Wildman–Crippen LogP) is 4.04. The first kappa shape index (κ1) is 16.0. The molecule has 0 bridgehead atoms. The molecule has 1 atom stereocenters. The summed E-state index contributed by atoms with van der Waals surface area (Å²) >= 11 is 0. The van der Waals surface area contributed by atoms with Gasteiger partial charge in [0.2, 0.25) is 0 Å². The fourth-order valence-electron chi connectivity index (χ4n) is 1.89. The molecule has 0 heterocycles. The molecule has 0 radical (unpaired) electrons. The zero-order chi connectivity index (χ0) is 14.1. The molecule has 1 rings (SSSR count). The molecule has 0 saturated heterocycles. The Balaban J connectivity index is 2.31. The highest BCUT2D eigenvalue weighted by atomic mass is 16.5. The van der Waals surface area contributed by atoms with Crippen LogP contribution in [0.2, 0.25) is 0 Å². The lowest BCUT2D eigenvalue weighted by Crippen LogP contribution is -2.27. The molecule has 19 heavy (non-hydrogen) atoms. The van der Waals surface area contributed by atoms with Crippen LogP contribution in [0.3, 0.4) is 0 Å². The maximum absolute atomic E-state index is 5.69. The average molecular weight is 263 g/mol. The van der Waals surface area contributed by atoms with Crippen LogP contribution in [0.15, 0.2) is 24.3 Å². The van der Waals surface area contributed by atoms with Crippen molar-refractivity contribution in [3.8, 4) is 5.75 Å². The van der Waals surface area contributed by atoms with Crippen molar-refractivity contribution in [1.82, 2.24) is 5.32 Å². The SMILES string of the molecule is CCCNC(C)CCc1ccc(OCC(C)C)cc1. The molecule has 1 aromatic rings. The van der Waals surface area contributed by atoms with Crippen molar-refractivity contribution in [3.05, 3.63) is 29.8 Å². The van der Waals surface area contributed by atoms with Gasteiger partial charge >= 0.3 is 0 Å². The quantitative estimate of drug-likeness (QED) is 0.726. The molecule has 0 amide bonds. The second kappa shape index (κ2) is 8.98. The Bertz CT molecular complexity index is 332. The molecule has 0 saturated carbocycles. The lowest BCUT2D eigenvalue weighted by Gasteiger charge is -2.13. The summed E-state index contributed by atoms with van der Waals surface area (Å²) in [5.74, 6) is 1.56. The van der Waals surface area contributed by atoms with Crippen LogP contribution in [0, 0.1) is 5.92 Å². The van der Waals surface area contributed by atoms with E-state index in [0.717, 1.165) is 25.3 Å². The van der Waals surface area contributed by atoms with E-state index in [1.807, 2.05) is 0 Å². The summed E-state index contributed by atoms with van der Waals surface area (Å²) < 4.78 is 5.69. The van der Waals surface area contributed by atoms with E-state index in [2.05, 4.69) is 57.3 Å². The Morgan fingerprint density at radius 1 is 1.11 bits per heavy atom. The van der Waals surface area contributed by atoms with E-state index in [9.17, 15) is 0 Å². The monoisotopic (exact) mass is 263 g/mol. The molecule has 2 nitrogen and oxygen atoms in total. The van der Waals surface area contributed by atoms with Crippen molar-refractivity contribution in [2.45, 2.75) is 53.0 Å². The topological polar surface area (TPSA) is 21.3 Å². The van der Waals surface area contributed by atoms with Gasteiger partial charge in [0.1, 0.15) is 5.75 Å². The summed E-state index contributed by atoms with van der Waals surface area (Å²) in [5, 5.41) is 3.52. The third-order valence-electron chi connectivity index (χ3n) is 3.12. The molecule has 1 aromatic carbocycles. The summed E-state index contributed by atoms with van der Waals surface area (Å²) in [6.45, 7) is 10.7. The molecule has 2 heteroatoms. The third kappa shape index (κ3) is 7.22. The van der Waals surface area contributed by atoms with Gasteiger partial charge in [0, 0.05) is 6.04 Å². The number of hydrogen-bond donors (Lipinski definition) is 1. The van der Waals surface area contributed by atoms with Gasteiger partial charge in [0.15, 0.2) is 0 Å². The van der Waals surface area contributed by atoms with E-state index in [1.54, 1.807) is 0 Å². The molecule has 0 aliphatic carbocycles. The van der Waals surface area contributed by atoms with Crippen LogP contribution in [0.1, 0.15) is 46.1 Å². The van der Waals surface area contributed by atoms with Gasteiger partial charge in [-0.1, -0.05) is 32.9 Å². The van der Waals surface area contributed by atoms with Gasteiger partial charge in [-0.15, -0.1) is 0 Å². The van der Waals surface area contributed by atoms with Crippen molar-refractivity contribution in [2.24, 2.45) is 5.92 Å². The number of nitrogens with one attached hydrogen (secondary N) is 1. The van der Waals surface area contributed by atoms with Crippen LogP contribution < -0.4 is 10.1 Å². The van der Waals surface area contributed by atoms with Crippen LogP contribution in [-0.2, 0) is 6.42 Å². The van der Waals surface area contributed by atoms with Crippen LogP contribution in [0.4, 0.5) is 0 Å². The number of aryl methyl sites for hydroxylation is 1. The number of ether oxygens (including phenoxy) is 1. The van der Waals surface area contributed by atoms with E-state index in [0.29, 0.717) is 12.0 Å². The van der Waals surface area contributed by atoms with E-state index >= 15 is 0 Å². The third-order valence-corrected chi connectivity index (χ3v) is 3.12. The van der Waals surface area contributed by atoms with E-state index in [4.69, 9.17) is 4.74 Å². The average Bonchev–Trinajstić information content (AvgIpc) is 2.41. The largest absolute Gasteiger partial charge is 0.493 e. The Morgan fingerprint density at radius 2 is 1.79 bits per heavy atom. The molecular formula is C17H29NO. The minimum Gasteiger partial charge on any atom is -0.493 e. The van der Waals surface area contributed by atoms with Gasteiger partial charge in [-0.3, -0.25) is 0 Å². The normalized spacial score (nSPS) is 12.7. The van der Waals surface area contributed by atoms with Crippen molar-refractivity contribution < 1.29 is 4.74 Å². The first-order chi connectivity index (χ1) is 9.11. The Morgan fingerprint density at radius 3 is 2.37 bits per heavy atom. The summed E-state index contributed by atoms with van der Waals surface area (Å²) in [5.41, 5.74) is 1.39. The number of hydrogen-bond acceptors (Lipinski definition) is 2. The maximum atomic E-state index is 5.69. The standard InChI is InChI=1S/C17H29NO/c1-5-12-18-15(4)6-7-16-8-10-17(11-9-16)19-13-14(2)3/h8-11,14-15,18H,5-7,12-13H2,1-4H3. The fraction of sp³-hybridized carbons (Fsp3) is 0.647. The van der Waals surface area contributed by atoms with Crippen LogP contribution in [0.5, 0.6) is 5.75 Å². The minimum absolute atomic E-state index is 0.574. The van der Waals surface area contributed by atoms with Crippen LogP contribution in [-0.4, -0.2) is 19.2 Å². The van der Waals surface area contributed by atoms with Crippen molar-refractivity contribution >= 4 is 0 Å². The highest BCUT2D eigenvalue weighted by molar-refractivity contribution is 5.27. The Hall–Kier alpha value is -1.02. The summed E-state index contributed by atoms with van der Waals surface area (Å²) in [6, 6.07) is 9.13. The molecule has 0 aromatic heterocycles. The molecular weight excluding hydrogens is 234 g/mol. The highest BCUT2D eigenvalue weighted by Gasteiger charge is 2.02. The second-order valence-electron chi connectivity index (χ2n) is 5.74. The predicted molar refractivity (Wildman–Crippen MR) is 82.9 cm³/mol. The summed E-state index contributed by atoms with van der Waals surface area (Å²) in [6.07, 6.45) is 3.51. The van der Waals surface area contributed by atoms with Crippen molar-refractivity contribution in [3.63, 3.8) is 0 Å². The second-order valence-corrected chi connectivity index (χ2v) is 5.74. The van der Waals surface area contributed by atoms with Crippen LogP contribution >= 0.6 is 0 Å². The Kier molecular flexibility index (Phi) is 7.57. The van der Waals surface area contributed by atoms with E-state index < -0.39 is 0 Å². The lowest BCUT2D eigenvalue weighted by atomic mass is 10.1. The zero-order valence-corrected chi connectivity index (χ0v) is 12.9. The molecule has 108 valence electrons. The van der Waals surface area contributed by atoms with E-state index in [1.165, 1.54) is 18.4 Å².